The number of hydrogen-bond donors (Lipinski definition) is 0. The Kier molecular flexibility index (Phi) is 3.58. The van der Waals surface area contributed by atoms with Gasteiger partial charge in [-0.2, -0.15) is 0 Å². The zero-order valence-electron chi connectivity index (χ0n) is 17.3. The molecule has 1 heterocycles. The summed E-state index contributed by atoms with van der Waals surface area (Å²) in [4.78, 5) is 9.59. The Labute approximate surface area is 184 Å². The fourth-order valence-electron chi connectivity index (χ4n) is 4.67. The van der Waals surface area contributed by atoms with Gasteiger partial charge in [0, 0.05) is 0 Å². The van der Waals surface area contributed by atoms with E-state index in [1.165, 1.54) is 37.9 Å². The zero-order valence-corrected chi connectivity index (χ0v) is 17.3. The fourth-order valence-corrected chi connectivity index (χ4v) is 4.67. The summed E-state index contributed by atoms with van der Waals surface area (Å²) in [5.41, 5.74) is 6.04. The van der Waals surface area contributed by atoms with Crippen molar-refractivity contribution in [2.24, 2.45) is 0 Å². The van der Waals surface area contributed by atoms with Crippen molar-refractivity contribution >= 4 is 54.4 Å². The summed E-state index contributed by atoms with van der Waals surface area (Å²) < 4.78 is 0. The highest BCUT2D eigenvalue weighted by Gasteiger charge is 2.07. The minimum Gasteiger partial charge on any atom is -0.245 e. The highest BCUT2D eigenvalue weighted by molar-refractivity contribution is 6.05. The van der Waals surface area contributed by atoms with Crippen molar-refractivity contribution in [3.05, 3.63) is 109 Å². The number of nitrogens with zero attached hydrogens (tertiary/aromatic N) is 2. The average molecular weight is 406 g/mol. The summed E-state index contributed by atoms with van der Waals surface area (Å²) in [5, 5.41) is 7.59. The maximum Gasteiger partial charge on any atom is 0.0900 e. The summed E-state index contributed by atoms with van der Waals surface area (Å²) in [7, 11) is 0. The monoisotopic (exact) mass is 406 g/mol. The van der Waals surface area contributed by atoms with Gasteiger partial charge in [-0.15, -0.1) is 0 Å². The van der Waals surface area contributed by atoms with Gasteiger partial charge < -0.3 is 0 Å². The fraction of sp³-hybridized carbons (Fsp3) is 0. The van der Waals surface area contributed by atoms with Crippen LogP contribution in [0.25, 0.3) is 65.5 Å². The van der Waals surface area contributed by atoms with Gasteiger partial charge in [-0.1, -0.05) is 54.6 Å². The van der Waals surface area contributed by atoms with Crippen LogP contribution in [0.5, 0.6) is 0 Å². The van der Waals surface area contributed by atoms with Gasteiger partial charge in [0.15, 0.2) is 0 Å². The van der Waals surface area contributed by atoms with E-state index in [0.717, 1.165) is 27.6 Å². The third-order valence-electron chi connectivity index (χ3n) is 6.33. The van der Waals surface area contributed by atoms with E-state index in [2.05, 4.69) is 84.9 Å². The molecule has 6 aromatic carbocycles. The molecule has 0 aliphatic carbocycles. The molecular formula is C30H18N2. The molecule has 0 atom stereocenters. The molecule has 0 saturated heterocycles. The molecule has 148 valence electrons. The molecular weight excluding hydrogens is 388 g/mol. The van der Waals surface area contributed by atoms with Gasteiger partial charge >= 0.3 is 0 Å². The molecule has 0 unspecified atom stereocenters. The van der Waals surface area contributed by atoms with Crippen molar-refractivity contribution in [1.29, 1.82) is 0 Å². The van der Waals surface area contributed by atoms with E-state index in [4.69, 9.17) is 9.97 Å². The highest BCUT2D eigenvalue weighted by atomic mass is 14.8. The van der Waals surface area contributed by atoms with Crippen LogP contribution in [-0.4, -0.2) is 9.97 Å². The third-order valence-corrected chi connectivity index (χ3v) is 6.33. The molecule has 2 heteroatoms. The van der Waals surface area contributed by atoms with Gasteiger partial charge in [0.2, 0.25) is 0 Å². The Hall–Kier alpha value is -4.30. The number of rotatable bonds is 1. The lowest BCUT2D eigenvalue weighted by molar-refractivity contribution is 1.39. The summed E-state index contributed by atoms with van der Waals surface area (Å²) >= 11 is 0. The summed E-state index contributed by atoms with van der Waals surface area (Å²) in [6, 6.07) is 38.8. The number of hydrogen-bond acceptors (Lipinski definition) is 2. The molecule has 0 radical (unpaired) electrons. The quantitative estimate of drug-likeness (QED) is 0.259. The van der Waals surface area contributed by atoms with Crippen molar-refractivity contribution in [2.75, 3.05) is 0 Å². The molecule has 32 heavy (non-hydrogen) atoms. The second-order valence-corrected chi connectivity index (χ2v) is 8.38. The molecule has 2 nitrogen and oxygen atoms in total. The Morgan fingerprint density at radius 3 is 1.50 bits per heavy atom. The van der Waals surface area contributed by atoms with Gasteiger partial charge in [0.05, 0.1) is 22.1 Å². The van der Waals surface area contributed by atoms with Crippen LogP contribution < -0.4 is 0 Å². The van der Waals surface area contributed by atoms with E-state index in [9.17, 15) is 0 Å². The molecule has 0 amide bonds. The summed E-state index contributed by atoms with van der Waals surface area (Å²) in [6.07, 6.45) is 0. The van der Waals surface area contributed by atoms with Crippen LogP contribution in [0.3, 0.4) is 0 Å². The Morgan fingerprint density at radius 1 is 0.312 bits per heavy atom. The number of benzene rings is 6. The van der Waals surface area contributed by atoms with Crippen LogP contribution in [0, 0.1) is 0 Å². The SMILES string of the molecule is c1ccc2cc3cc4cc(-c5ccc6nc7ccccc7nc6c5)ccc4cc3cc2c1. The minimum absolute atomic E-state index is 0.922. The smallest absolute Gasteiger partial charge is 0.0900 e. The van der Waals surface area contributed by atoms with E-state index in [1.54, 1.807) is 0 Å². The van der Waals surface area contributed by atoms with Crippen molar-refractivity contribution in [2.45, 2.75) is 0 Å². The second-order valence-electron chi connectivity index (χ2n) is 8.38. The molecule has 0 saturated carbocycles. The minimum atomic E-state index is 0.922. The van der Waals surface area contributed by atoms with Crippen molar-refractivity contribution in [3.63, 3.8) is 0 Å². The number of para-hydroxylation sites is 2. The van der Waals surface area contributed by atoms with Crippen molar-refractivity contribution in [3.8, 4) is 11.1 Å². The molecule has 7 aromatic rings. The van der Waals surface area contributed by atoms with Crippen molar-refractivity contribution in [1.82, 2.24) is 9.97 Å². The Morgan fingerprint density at radius 2 is 0.781 bits per heavy atom. The average Bonchev–Trinajstić information content (AvgIpc) is 2.84. The molecule has 7 rings (SSSR count). The van der Waals surface area contributed by atoms with E-state index in [0.29, 0.717) is 0 Å². The Bertz CT molecular complexity index is 1830. The normalized spacial score (nSPS) is 11.8. The lowest BCUT2D eigenvalue weighted by atomic mass is 9.97. The maximum absolute atomic E-state index is 4.83. The first-order chi connectivity index (χ1) is 15.8. The van der Waals surface area contributed by atoms with Crippen LogP contribution in [0.2, 0.25) is 0 Å². The molecule has 0 N–H and O–H groups in total. The predicted octanol–water partition coefficient (Wildman–Crippen LogP) is 7.91. The first-order valence-electron chi connectivity index (χ1n) is 10.8. The number of fused-ring (bicyclic) bond motifs is 5. The maximum atomic E-state index is 4.83. The van der Waals surface area contributed by atoms with E-state index in [1.807, 2.05) is 24.3 Å². The van der Waals surface area contributed by atoms with E-state index < -0.39 is 0 Å². The topological polar surface area (TPSA) is 25.8 Å². The standard InChI is InChI=1S/C30H18N2/c1-2-6-20-14-26-17-24-15-21(9-10-22(24)16-25(26)13-19(20)5-1)23-11-12-29-30(18-23)32-28-8-4-3-7-27(28)31-29/h1-18H. The Balaban J connectivity index is 1.40. The van der Waals surface area contributed by atoms with E-state index in [-0.39, 0.29) is 0 Å². The molecule has 0 aliphatic heterocycles. The third kappa shape index (κ3) is 2.74. The van der Waals surface area contributed by atoms with Gasteiger partial charge in [0.25, 0.3) is 0 Å². The zero-order chi connectivity index (χ0) is 21.1. The second kappa shape index (κ2) is 6.60. The summed E-state index contributed by atoms with van der Waals surface area (Å²) in [6.45, 7) is 0. The van der Waals surface area contributed by atoms with E-state index >= 15 is 0 Å². The van der Waals surface area contributed by atoms with Gasteiger partial charge in [-0.25, -0.2) is 9.97 Å². The molecule has 0 fully saturated rings. The van der Waals surface area contributed by atoms with Crippen molar-refractivity contribution < 1.29 is 0 Å². The molecule has 1 aromatic heterocycles. The first-order valence-corrected chi connectivity index (χ1v) is 10.8. The largest absolute Gasteiger partial charge is 0.245 e. The van der Waals surface area contributed by atoms with Gasteiger partial charge in [-0.3, -0.25) is 0 Å². The molecule has 0 aliphatic rings. The van der Waals surface area contributed by atoms with Crippen LogP contribution >= 0.6 is 0 Å². The van der Waals surface area contributed by atoms with Gasteiger partial charge in [-0.05, 0) is 98.0 Å². The van der Waals surface area contributed by atoms with Crippen LogP contribution in [-0.2, 0) is 0 Å². The predicted molar refractivity (Wildman–Crippen MR) is 135 cm³/mol. The van der Waals surface area contributed by atoms with Crippen LogP contribution in [0.15, 0.2) is 109 Å². The molecule has 0 spiro atoms. The highest BCUT2D eigenvalue weighted by Crippen LogP contribution is 2.31. The number of aromatic nitrogens is 2. The lowest BCUT2D eigenvalue weighted by Crippen LogP contribution is -1.88. The van der Waals surface area contributed by atoms with Gasteiger partial charge in [0.1, 0.15) is 0 Å². The molecule has 0 bridgehead atoms. The van der Waals surface area contributed by atoms with Crippen LogP contribution in [0.4, 0.5) is 0 Å². The first kappa shape index (κ1) is 17.4. The lowest BCUT2D eigenvalue weighted by Gasteiger charge is -2.09. The summed E-state index contributed by atoms with van der Waals surface area (Å²) in [5.74, 6) is 0. The van der Waals surface area contributed by atoms with Crippen LogP contribution in [0.1, 0.15) is 0 Å².